The smallest absolute Gasteiger partial charge is 0.325 e. The molecule has 1 saturated heterocycles. The number of rotatable bonds is 36. The minimum atomic E-state index is -4.80. The molecule has 0 aromatic heterocycles. The van der Waals surface area contributed by atoms with Crippen LogP contribution in [-0.4, -0.2) is 187 Å². The number of ketones is 1. The zero-order valence-electron chi connectivity index (χ0n) is 54.4. The summed E-state index contributed by atoms with van der Waals surface area (Å²) in [5.41, 5.74) is 6.12. The van der Waals surface area contributed by atoms with E-state index in [0.717, 1.165) is 33.0 Å². The van der Waals surface area contributed by atoms with E-state index in [-0.39, 0.29) is 102 Å². The van der Waals surface area contributed by atoms with Gasteiger partial charge in [-0.1, -0.05) is 70.2 Å². The zero-order chi connectivity index (χ0) is 69.1. The van der Waals surface area contributed by atoms with Crippen molar-refractivity contribution in [3.05, 3.63) is 112 Å². The number of likely N-dealkylation sites (N-methyl/N-ethyl adjacent to an activating group) is 1. The summed E-state index contributed by atoms with van der Waals surface area (Å²) in [6.45, 7) is 11.2. The van der Waals surface area contributed by atoms with Crippen LogP contribution in [0.1, 0.15) is 128 Å². The summed E-state index contributed by atoms with van der Waals surface area (Å²) in [6.07, 6.45) is 6.58. The minimum Gasteiger partial charge on any atom is -0.378 e. The Kier molecular flexibility index (Phi) is 27.1. The first-order valence-electron chi connectivity index (χ1n) is 31.6. The van der Waals surface area contributed by atoms with Crippen molar-refractivity contribution in [1.82, 2.24) is 41.7 Å². The van der Waals surface area contributed by atoms with E-state index in [1.54, 1.807) is 7.05 Å². The van der Waals surface area contributed by atoms with Crippen LogP contribution >= 0.6 is 7.60 Å². The van der Waals surface area contributed by atoms with Crippen LogP contribution in [0.25, 0.3) is 0 Å². The molecule has 27 nitrogen and oxygen atoms in total. The molecule has 3 heterocycles. The van der Waals surface area contributed by atoms with Gasteiger partial charge >= 0.3 is 7.60 Å². The van der Waals surface area contributed by atoms with Gasteiger partial charge in [-0.3, -0.25) is 72.3 Å². The molecule has 0 radical (unpaired) electrons. The maximum atomic E-state index is 14.6. The summed E-state index contributed by atoms with van der Waals surface area (Å²) in [4.78, 5) is 158. The maximum absolute atomic E-state index is 14.6. The molecule has 512 valence electrons. The molecule has 9 N–H and O–H groups in total. The van der Waals surface area contributed by atoms with Gasteiger partial charge in [-0.2, -0.15) is 8.42 Å². The Bertz CT molecular complexity index is 3520. The Morgan fingerprint density at radius 2 is 1.36 bits per heavy atom. The van der Waals surface area contributed by atoms with Gasteiger partial charge in [-0.25, -0.2) is 0 Å². The number of anilines is 1. The number of carbonyl (C=O) groups excluding carboxylic acids is 10. The van der Waals surface area contributed by atoms with Gasteiger partial charge in [0.15, 0.2) is 5.78 Å². The number of aliphatic imine (C=N–C) groups is 1. The molecule has 9 amide bonds. The van der Waals surface area contributed by atoms with Crippen molar-refractivity contribution in [2.45, 2.75) is 147 Å². The summed E-state index contributed by atoms with van der Waals surface area (Å²) in [6, 6.07) is 12.2. The van der Waals surface area contributed by atoms with E-state index in [0.29, 0.717) is 54.8 Å². The minimum absolute atomic E-state index is 0.0775. The van der Waals surface area contributed by atoms with Crippen molar-refractivity contribution in [3.8, 4) is 0 Å². The van der Waals surface area contributed by atoms with Gasteiger partial charge in [0.25, 0.3) is 21.9 Å². The summed E-state index contributed by atoms with van der Waals surface area (Å²) in [7, 11) is -5.73. The largest absolute Gasteiger partial charge is 0.378 e. The lowest BCUT2D eigenvalue weighted by molar-refractivity contribution is -0.138. The van der Waals surface area contributed by atoms with Crippen LogP contribution in [0.5, 0.6) is 0 Å². The Morgan fingerprint density at radius 1 is 0.787 bits per heavy atom. The molecule has 3 atom stereocenters. The first-order chi connectivity index (χ1) is 44.3. The number of Topliss-reactive ketones (excluding diaryl/α,β-unsaturated/α-hetero) is 1. The molecule has 2 aromatic rings. The van der Waals surface area contributed by atoms with Gasteiger partial charge in [0, 0.05) is 117 Å². The van der Waals surface area contributed by atoms with Crippen molar-refractivity contribution in [2.24, 2.45) is 4.99 Å². The summed E-state index contributed by atoms with van der Waals surface area (Å²) in [5.74, 6) is -6.77. The van der Waals surface area contributed by atoms with Crippen molar-refractivity contribution < 1.29 is 80.0 Å². The maximum Gasteiger partial charge on any atom is 0.325 e. The monoisotopic (exact) mass is 1340 g/mol. The van der Waals surface area contributed by atoms with E-state index >= 15 is 0 Å². The normalized spacial score (nSPS) is 17.9. The molecule has 1 aliphatic carbocycles. The molecule has 29 heteroatoms. The third-order valence-corrected chi connectivity index (χ3v) is 18.5. The molecular weight excluding hydrogens is 1260 g/mol. The van der Waals surface area contributed by atoms with E-state index in [1.807, 2.05) is 87.3 Å². The number of hydrogen-bond acceptors (Lipinski definition) is 17. The lowest BCUT2D eigenvalue weighted by Gasteiger charge is -2.37. The number of likely N-dealkylation sites (tertiary alicyclic amines) is 1. The summed E-state index contributed by atoms with van der Waals surface area (Å²) < 4.78 is 50.5. The van der Waals surface area contributed by atoms with Crippen LogP contribution in [0, 0.1) is 6.92 Å². The Balaban J connectivity index is 0.943. The van der Waals surface area contributed by atoms with Crippen LogP contribution in [0.2, 0.25) is 0 Å². The highest BCUT2D eigenvalue weighted by atomic mass is 32.2. The van der Waals surface area contributed by atoms with Gasteiger partial charge in [-0.15, -0.1) is 0 Å². The highest BCUT2D eigenvalue weighted by Crippen LogP contribution is 2.49. The van der Waals surface area contributed by atoms with E-state index in [1.165, 1.54) is 12.2 Å². The van der Waals surface area contributed by atoms with Crippen molar-refractivity contribution >= 4 is 88.1 Å². The van der Waals surface area contributed by atoms with Crippen molar-refractivity contribution in [1.29, 1.82) is 0 Å². The Morgan fingerprint density at radius 3 is 1.97 bits per heavy atom. The van der Waals surface area contributed by atoms with Gasteiger partial charge in [0.05, 0.1) is 31.6 Å². The first kappa shape index (κ1) is 75.0. The molecule has 3 aliphatic heterocycles. The number of benzene rings is 2. The van der Waals surface area contributed by atoms with E-state index in [4.69, 9.17) is 9.73 Å². The second kappa shape index (κ2) is 33.9. The van der Waals surface area contributed by atoms with Gasteiger partial charge in [0.2, 0.25) is 41.4 Å². The van der Waals surface area contributed by atoms with Gasteiger partial charge in [0.1, 0.15) is 23.9 Å². The summed E-state index contributed by atoms with van der Waals surface area (Å²) in [5, 5.41) is 15.0. The van der Waals surface area contributed by atoms with E-state index < -0.39 is 112 Å². The summed E-state index contributed by atoms with van der Waals surface area (Å²) >= 11 is 0. The third-order valence-electron chi connectivity index (χ3n) is 16.9. The Hall–Kier alpha value is -8.01. The predicted molar refractivity (Wildman–Crippen MR) is 350 cm³/mol. The van der Waals surface area contributed by atoms with Crippen LogP contribution < -0.4 is 36.8 Å². The highest BCUT2D eigenvalue weighted by molar-refractivity contribution is 7.85. The number of nitrogens with one attached hydrogen (secondary N) is 6. The predicted octanol–water partition coefficient (Wildman–Crippen LogP) is 3.14. The molecule has 0 spiro atoms. The highest BCUT2D eigenvalue weighted by Gasteiger charge is 2.46. The van der Waals surface area contributed by atoms with Crippen LogP contribution in [-0.2, 0) is 78.2 Å². The lowest BCUT2D eigenvalue weighted by atomic mass is 9.74. The van der Waals surface area contributed by atoms with Crippen LogP contribution in [0.4, 0.5) is 5.69 Å². The number of carbonyl (C=O) groups is 10. The molecule has 0 saturated carbocycles. The molecule has 3 unspecified atom stereocenters. The number of para-hydroxylation sites is 1. The second-order valence-electron chi connectivity index (χ2n) is 24.7. The standard InChI is InChI=1S/C65H89N10O17PS/c1-42-19-8-9-20-45(42)64(2,3)51(66-6)39-43-59(44(60(43)82)40-52-65(4,5)46-21-10-11-22-49(46)73(52)7)74-34-18-23-50(74)63(85)72-56(79)26-13-12-25-55(78)71-48(41-94(89,90)91)62(84)69-32-17-15-27-54(77)70-47(30-38-93(86,87)88)61(83)68-31-16-14-24-53(76)67-33-36-92-37-35-75-57(80)28-29-58(75)81/h8-11,19-22,28-29,39-40,47-48,50H,12-18,23-27,30-38,41H2,1-7H3,(H,67,76)(H,68,83)(H,69,84)(H,70,77)(H,71,78)(H,72,79,85)(H2,86,87,88)(H,89,90,91)/b43-39-,52-40+,66-51?. The molecular formula is C65H89N10O17PS. The molecule has 0 bridgehead atoms. The van der Waals surface area contributed by atoms with Gasteiger partial charge in [-0.05, 0) is 99.6 Å². The zero-order valence-corrected chi connectivity index (χ0v) is 56.1. The van der Waals surface area contributed by atoms with E-state index in [9.17, 15) is 75.3 Å². The number of unbranched alkanes of at least 4 members (excludes halogenated alkanes) is 3. The number of fused-ring (bicyclic) bond motifs is 1. The number of hydrogen-bond donors (Lipinski definition) is 9. The van der Waals surface area contributed by atoms with Gasteiger partial charge < -0.3 is 50.9 Å². The third kappa shape index (κ3) is 21.0. The fourth-order valence-corrected chi connectivity index (χ4v) is 13.1. The molecule has 1 fully saturated rings. The fourth-order valence-electron chi connectivity index (χ4n) is 11.9. The topological polar surface area (TPSA) is 386 Å². The number of aryl methyl sites for hydroxylation is 1. The average molecular weight is 1350 g/mol. The fraction of sp³-hybridized carbons (Fsp3) is 0.523. The average Bonchev–Trinajstić information content (AvgIpc) is 1.41. The number of allylic oxidation sites excluding steroid dienone is 5. The molecule has 6 rings (SSSR count). The number of imide groups is 2. The molecule has 2 aromatic carbocycles. The van der Waals surface area contributed by atoms with Crippen molar-refractivity contribution in [3.63, 3.8) is 0 Å². The number of amides is 9. The van der Waals surface area contributed by atoms with E-state index in [2.05, 4.69) is 56.7 Å². The molecule has 94 heavy (non-hydrogen) atoms. The first-order valence-corrected chi connectivity index (χ1v) is 35.0. The van der Waals surface area contributed by atoms with Crippen LogP contribution in [0.3, 0.4) is 0 Å². The lowest BCUT2D eigenvalue weighted by Crippen LogP contribution is -2.50. The molecule has 4 aliphatic rings. The SMILES string of the molecule is CN=C(/C=C1\C(=O)C(/C=C2/N(C)c3ccccc3C2(C)C)=C1N1CCCC1C(=O)NC(=O)CCCCC(=O)NC(CS(=O)(=O)O)C(=O)NCCCCC(=O)NC(CCP(=O)(O)O)C(=O)NCCCCC(=O)NCCOCCN1C(=O)C=CC1=O)C(C)(C)c1ccccc1C. The van der Waals surface area contributed by atoms with Crippen molar-refractivity contribution in [2.75, 3.05) is 76.8 Å². The number of ether oxygens (including phenoxy) is 1. The number of nitrogens with zero attached hydrogens (tertiary/aromatic N) is 4. The second-order valence-corrected chi connectivity index (χ2v) is 28.0. The van der Waals surface area contributed by atoms with Crippen LogP contribution in [0.15, 0.2) is 100 Å². The Labute approximate surface area is 548 Å². The quantitative estimate of drug-likeness (QED) is 0.0118.